The van der Waals surface area contributed by atoms with Crippen LogP contribution < -0.4 is 5.69 Å². The van der Waals surface area contributed by atoms with E-state index < -0.39 is 6.09 Å². The molecule has 0 radical (unpaired) electrons. The third kappa shape index (κ3) is 2.22. The number of nitrogens with one attached hydrogen (secondary N) is 1. The van der Waals surface area contributed by atoms with E-state index in [0.717, 1.165) is 15.5 Å². The summed E-state index contributed by atoms with van der Waals surface area (Å²) in [7, 11) is 0. The second-order valence-electron chi connectivity index (χ2n) is 4.96. The fourth-order valence-corrected chi connectivity index (χ4v) is 3.12. The molecule has 0 spiro atoms. The molecule has 1 aromatic heterocycles. The summed E-state index contributed by atoms with van der Waals surface area (Å²) in [6, 6.07) is 5.71. The maximum absolute atomic E-state index is 12.1. The number of aromatic nitrogens is 2. The van der Waals surface area contributed by atoms with Crippen LogP contribution >= 0.6 is 15.9 Å². The molecule has 1 aliphatic rings. The van der Waals surface area contributed by atoms with E-state index in [4.69, 9.17) is 5.11 Å². The number of piperidine rings is 1. The molecule has 106 valence electrons. The van der Waals surface area contributed by atoms with Crippen molar-refractivity contribution in [2.24, 2.45) is 0 Å². The lowest BCUT2D eigenvalue weighted by atomic mass is 10.1. The highest BCUT2D eigenvalue weighted by Crippen LogP contribution is 2.26. The summed E-state index contributed by atoms with van der Waals surface area (Å²) in [5.41, 5.74) is 1.53. The molecule has 2 heterocycles. The van der Waals surface area contributed by atoms with Crippen LogP contribution in [0.5, 0.6) is 0 Å². The highest BCUT2D eigenvalue weighted by Gasteiger charge is 2.25. The van der Waals surface area contributed by atoms with E-state index in [1.54, 1.807) is 4.57 Å². The van der Waals surface area contributed by atoms with Gasteiger partial charge in [-0.1, -0.05) is 15.9 Å². The first-order valence-electron chi connectivity index (χ1n) is 6.44. The van der Waals surface area contributed by atoms with Gasteiger partial charge in [-0.25, -0.2) is 9.59 Å². The summed E-state index contributed by atoms with van der Waals surface area (Å²) in [5.74, 6) is 0. The van der Waals surface area contributed by atoms with Crippen LogP contribution in [0, 0.1) is 0 Å². The van der Waals surface area contributed by atoms with Crippen LogP contribution in [0.25, 0.3) is 11.0 Å². The molecule has 3 rings (SSSR count). The summed E-state index contributed by atoms with van der Waals surface area (Å²) in [6.07, 6.45) is 0.426. The lowest BCUT2D eigenvalue weighted by molar-refractivity contribution is 0.125. The molecule has 1 fully saturated rings. The zero-order valence-corrected chi connectivity index (χ0v) is 12.3. The number of H-pyrrole nitrogens is 1. The molecule has 0 unspecified atom stereocenters. The van der Waals surface area contributed by atoms with Crippen LogP contribution in [-0.4, -0.2) is 38.7 Å². The average Bonchev–Trinajstić information content (AvgIpc) is 2.74. The van der Waals surface area contributed by atoms with Crippen molar-refractivity contribution in [1.29, 1.82) is 0 Å². The topological polar surface area (TPSA) is 78.3 Å². The van der Waals surface area contributed by atoms with Gasteiger partial charge in [0.1, 0.15) is 0 Å². The molecular weight excluding hydrogens is 326 g/mol. The first-order chi connectivity index (χ1) is 9.56. The number of nitrogens with zero attached hydrogens (tertiary/aromatic N) is 2. The van der Waals surface area contributed by atoms with Gasteiger partial charge in [0, 0.05) is 23.6 Å². The summed E-state index contributed by atoms with van der Waals surface area (Å²) in [5, 5.41) is 8.96. The van der Waals surface area contributed by atoms with Crippen LogP contribution in [0.2, 0.25) is 0 Å². The number of imidazole rings is 1. The third-order valence-electron chi connectivity index (χ3n) is 3.78. The number of carbonyl (C=O) groups is 1. The predicted molar refractivity (Wildman–Crippen MR) is 78.1 cm³/mol. The van der Waals surface area contributed by atoms with Gasteiger partial charge in [0.25, 0.3) is 0 Å². The predicted octanol–water partition coefficient (Wildman–Crippen LogP) is 2.41. The Hall–Kier alpha value is -1.76. The Morgan fingerprint density at radius 2 is 2.05 bits per heavy atom. The first kappa shape index (κ1) is 13.2. The van der Waals surface area contributed by atoms with E-state index in [-0.39, 0.29) is 11.7 Å². The van der Waals surface area contributed by atoms with E-state index in [0.29, 0.717) is 25.9 Å². The van der Waals surface area contributed by atoms with Crippen LogP contribution in [0.1, 0.15) is 18.9 Å². The molecule has 0 bridgehead atoms. The number of benzene rings is 1. The Bertz CT molecular complexity index is 713. The van der Waals surface area contributed by atoms with Crippen molar-refractivity contribution in [3.8, 4) is 0 Å². The van der Waals surface area contributed by atoms with E-state index in [1.807, 2.05) is 18.2 Å². The number of hydrogen-bond donors (Lipinski definition) is 2. The van der Waals surface area contributed by atoms with Gasteiger partial charge in [-0.05, 0) is 31.0 Å². The second kappa shape index (κ2) is 4.97. The number of fused-ring (bicyclic) bond motifs is 1. The van der Waals surface area contributed by atoms with Crippen LogP contribution in [0.15, 0.2) is 27.5 Å². The standard InChI is InChI=1S/C13H14BrN3O3/c14-8-1-2-10-11(7-8)17(12(18)15-10)9-3-5-16(6-4-9)13(19)20/h1-2,7,9H,3-6H2,(H,15,18)(H,19,20). The molecule has 0 saturated carbocycles. The Balaban J connectivity index is 1.95. The number of rotatable bonds is 1. The van der Waals surface area contributed by atoms with E-state index in [9.17, 15) is 9.59 Å². The highest BCUT2D eigenvalue weighted by molar-refractivity contribution is 9.10. The maximum atomic E-state index is 12.1. The SMILES string of the molecule is O=C(O)N1CCC(n2c(=O)[nH]c3ccc(Br)cc32)CC1. The zero-order valence-electron chi connectivity index (χ0n) is 10.7. The number of carboxylic acid groups (broad SMARTS) is 1. The van der Waals surface area contributed by atoms with Gasteiger partial charge in [0.05, 0.1) is 11.0 Å². The quantitative estimate of drug-likeness (QED) is 0.837. The van der Waals surface area contributed by atoms with Crippen molar-refractivity contribution in [3.63, 3.8) is 0 Å². The largest absolute Gasteiger partial charge is 0.465 e. The Morgan fingerprint density at radius 1 is 1.35 bits per heavy atom. The van der Waals surface area contributed by atoms with Crippen molar-refractivity contribution in [3.05, 3.63) is 33.2 Å². The van der Waals surface area contributed by atoms with E-state index in [2.05, 4.69) is 20.9 Å². The van der Waals surface area contributed by atoms with Gasteiger partial charge in [-0.3, -0.25) is 4.57 Å². The number of hydrogen-bond acceptors (Lipinski definition) is 2. The molecule has 2 N–H and O–H groups in total. The molecule has 20 heavy (non-hydrogen) atoms. The second-order valence-corrected chi connectivity index (χ2v) is 5.88. The number of likely N-dealkylation sites (tertiary alicyclic amines) is 1. The molecule has 2 aromatic rings. The lowest BCUT2D eigenvalue weighted by Gasteiger charge is -2.30. The van der Waals surface area contributed by atoms with Crippen LogP contribution in [-0.2, 0) is 0 Å². The van der Waals surface area contributed by atoms with Crippen LogP contribution in [0.4, 0.5) is 4.79 Å². The fraction of sp³-hybridized carbons (Fsp3) is 0.385. The summed E-state index contributed by atoms with van der Waals surface area (Å²) < 4.78 is 2.67. The van der Waals surface area contributed by atoms with E-state index in [1.165, 1.54) is 4.90 Å². The Labute approximate surface area is 123 Å². The lowest BCUT2D eigenvalue weighted by Crippen LogP contribution is -2.39. The van der Waals surface area contributed by atoms with Crippen LogP contribution in [0.3, 0.4) is 0 Å². The number of halogens is 1. The van der Waals surface area contributed by atoms with Gasteiger partial charge in [-0.15, -0.1) is 0 Å². The third-order valence-corrected chi connectivity index (χ3v) is 4.27. The van der Waals surface area contributed by atoms with Gasteiger partial charge >= 0.3 is 11.8 Å². The summed E-state index contributed by atoms with van der Waals surface area (Å²) in [4.78, 5) is 27.3. The molecule has 1 saturated heterocycles. The van der Waals surface area contributed by atoms with E-state index >= 15 is 0 Å². The number of amides is 1. The smallest absolute Gasteiger partial charge is 0.407 e. The molecular formula is C13H14BrN3O3. The molecule has 1 aliphatic heterocycles. The normalized spacial score (nSPS) is 16.8. The zero-order chi connectivity index (χ0) is 14.3. The summed E-state index contributed by atoms with van der Waals surface area (Å²) >= 11 is 3.41. The van der Waals surface area contributed by atoms with Crippen molar-refractivity contribution < 1.29 is 9.90 Å². The minimum absolute atomic E-state index is 0.0427. The van der Waals surface area contributed by atoms with Gasteiger partial charge in [-0.2, -0.15) is 0 Å². The maximum Gasteiger partial charge on any atom is 0.407 e. The fourth-order valence-electron chi connectivity index (χ4n) is 2.77. The van der Waals surface area contributed by atoms with Crippen molar-refractivity contribution in [2.45, 2.75) is 18.9 Å². The molecule has 1 aromatic carbocycles. The highest BCUT2D eigenvalue weighted by atomic mass is 79.9. The molecule has 7 heteroatoms. The molecule has 1 amide bonds. The van der Waals surface area contributed by atoms with Crippen molar-refractivity contribution in [1.82, 2.24) is 14.5 Å². The monoisotopic (exact) mass is 339 g/mol. The molecule has 0 atom stereocenters. The molecule has 0 aliphatic carbocycles. The van der Waals surface area contributed by atoms with Gasteiger partial charge in [0.15, 0.2) is 0 Å². The van der Waals surface area contributed by atoms with Gasteiger partial charge in [0.2, 0.25) is 0 Å². The van der Waals surface area contributed by atoms with Crippen molar-refractivity contribution in [2.75, 3.05) is 13.1 Å². The summed E-state index contributed by atoms with van der Waals surface area (Å²) in [6.45, 7) is 0.931. The Morgan fingerprint density at radius 3 is 2.70 bits per heavy atom. The average molecular weight is 340 g/mol. The Kier molecular flexibility index (Phi) is 3.29. The van der Waals surface area contributed by atoms with Gasteiger partial charge < -0.3 is 15.0 Å². The minimum Gasteiger partial charge on any atom is -0.465 e. The molecule has 6 nitrogen and oxygen atoms in total. The first-order valence-corrected chi connectivity index (χ1v) is 7.23. The minimum atomic E-state index is -0.891. The van der Waals surface area contributed by atoms with Crippen molar-refractivity contribution >= 4 is 33.1 Å². The number of aromatic amines is 1.